The normalized spacial score (nSPS) is 11.0. The minimum absolute atomic E-state index is 0.0562. The van der Waals surface area contributed by atoms with Gasteiger partial charge in [-0.2, -0.15) is 0 Å². The van der Waals surface area contributed by atoms with Gasteiger partial charge in [0.1, 0.15) is 5.82 Å². The van der Waals surface area contributed by atoms with Crippen molar-refractivity contribution in [2.75, 3.05) is 30.9 Å². The number of rotatable bonds is 9. The first kappa shape index (κ1) is 22.8. The maximum atomic E-state index is 13.1. The molecule has 0 aliphatic heterocycles. The number of ether oxygens (including phenoxy) is 1. The van der Waals surface area contributed by atoms with E-state index < -0.39 is 17.2 Å². The first-order chi connectivity index (χ1) is 15.5. The number of aromatic amines is 1. The third kappa shape index (κ3) is 5.61. The second kappa shape index (κ2) is 10.9. The van der Waals surface area contributed by atoms with Gasteiger partial charge in [0.05, 0.1) is 6.54 Å². The lowest BCUT2D eigenvalue weighted by atomic mass is 10.2. The van der Waals surface area contributed by atoms with Crippen LogP contribution in [0.5, 0.6) is 0 Å². The number of methoxy groups -OCH3 is 1. The Kier molecular flexibility index (Phi) is 7.77. The molecule has 0 aliphatic rings. The summed E-state index contributed by atoms with van der Waals surface area (Å²) in [5.74, 6) is -0.492. The van der Waals surface area contributed by atoms with Crippen molar-refractivity contribution in [3.05, 3.63) is 98.7 Å². The van der Waals surface area contributed by atoms with Crippen LogP contribution in [0.25, 0.3) is 6.08 Å². The molecular formula is C24H26N4O4. The highest BCUT2D eigenvalue weighted by Gasteiger charge is 2.22. The van der Waals surface area contributed by atoms with Crippen LogP contribution in [0.4, 0.5) is 11.5 Å². The van der Waals surface area contributed by atoms with E-state index in [2.05, 4.69) is 4.98 Å². The Morgan fingerprint density at radius 1 is 1.09 bits per heavy atom. The summed E-state index contributed by atoms with van der Waals surface area (Å²) < 4.78 is 6.34. The van der Waals surface area contributed by atoms with E-state index in [9.17, 15) is 14.4 Å². The van der Waals surface area contributed by atoms with Crippen molar-refractivity contribution >= 4 is 23.5 Å². The fraction of sp³-hybridized carbons (Fsp3) is 0.208. The van der Waals surface area contributed by atoms with E-state index in [0.29, 0.717) is 13.0 Å². The molecule has 3 rings (SSSR count). The Bertz CT molecular complexity index is 1180. The monoisotopic (exact) mass is 434 g/mol. The number of benzene rings is 2. The zero-order chi connectivity index (χ0) is 22.9. The number of nitrogens with two attached hydrogens (primary N) is 1. The van der Waals surface area contributed by atoms with Crippen molar-refractivity contribution in [1.29, 1.82) is 0 Å². The quantitative estimate of drug-likeness (QED) is 0.396. The van der Waals surface area contributed by atoms with Crippen molar-refractivity contribution in [3.63, 3.8) is 0 Å². The lowest BCUT2D eigenvalue weighted by Gasteiger charge is -2.23. The third-order valence-electron chi connectivity index (χ3n) is 4.88. The molecule has 3 aromatic rings. The van der Waals surface area contributed by atoms with Crippen molar-refractivity contribution in [2.45, 2.75) is 13.0 Å². The molecule has 0 fully saturated rings. The highest BCUT2D eigenvalue weighted by molar-refractivity contribution is 6.05. The van der Waals surface area contributed by atoms with Crippen molar-refractivity contribution < 1.29 is 9.53 Å². The Morgan fingerprint density at radius 2 is 1.75 bits per heavy atom. The van der Waals surface area contributed by atoms with Crippen LogP contribution in [0.2, 0.25) is 0 Å². The number of carbonyl (C=O) groups is 1. The molecule has 1 amide bonds. The Labute approximate surface area is 185 Å². The Morgan fingerprint density at radius 3 is 2.41 bits per heavy atom. The molecule has 1 heterocycles. The van der Waals surface area contributed by atoms with Gasteiger partial charge in [0.15, 0.2) is 5.69 Å². The molecular weight excluding hydrogens is 408 g/mol. The van der Waals surface area contributed by atoms with Gasteiger partial charge in [0, 0.05) is 26.3 Å². The number of aromatic nitrogens is 2. The van der Waals surface area contributed by atoms with E-state index >= 15 is 0 Å². The molecule has 0 spiro atoms. The molecule has 0 aliphatic carbocycles. The number of hydrogen-bond acceptors (Lipinski definition) is 5. The first-order valence-electron chi connectivity index (χ1n) is 10.2. The minimum atomic E-state index is -0.712. The van der Waals surface area contributed by atoms with Crippen LogP contribution in [0, 0.1) is 0 Å². The van der Waals surface area contributed by atoms with Gasteiger partial charge in [-0.15, -0.1) is 0 Å². The molecule has 3 N–H and O–H groups in total. The first-order valence-corrected chi connectivity index (χ1v) is 10.2. The van der Waals surface area contributed by atoms with E-state index in [1.165, 1.54) is 15.5 Å². The number of amides is 1. The molecule has 0 unspecified atom stereocenters. The molecule has 8 nitrogen and oxygen atoms in total. The predicted octanol–water partition coefficient (Wildman–Crippen LogP) is 2.25. The standard InChI is InChI=1S/C24H26N4O4/c1-32-16-8-15-27(20(29)14-13-18-9-4-2-5-10-18)21-22(25)28(24(31)26-23(21)30)17-19-11-6-3-7-12-19/h2-7,9-14H,8,15-17,25H2,1H3,(H,26,30,31). The van der Waals surface area contributed by atoms with Gasteiger partial charge in [-0.05, 0) is 23.6 Å². The van der Waals surface area contributed by atoms with Gasteiger partial charge >= 0.3 is 5.69 Å². The largest absolute Gasteiger partial charge is 0.385 e. The molecule has 0 atom stereocenters. The number of anilines is 2. The fourth-order valence-corrected chi connectivity index (χ4v) is 3.28. The summed E-state index contributed by atoms with van der Waals surface area (Å²) >= 11 is 0. The molecule has 0 saturated heterocycles. The number of nitrogens with zero attached hydrogens (tertiary/aromatic N) is 2. The van der Waals surface area contributed by atoms with Crippen LogP contribution >= 0.6 is 0 Å². The average molecular weight is 434 g/mol. The van der Waals surface area contributed by atoms with Gasteiger partial charge in [0.2, 0.25) is 0 Å². The van der Waals surface area contributed by atoms with Gasteiger partial charge in [-0.3, -0.25) is 19.1 Å². The lowest BCUT2D eigenvalue weighted by Crippen LogP contribution is -2.41. The molecule has 2 aromatic carbocycles. The van der Waals surface area contributed by atoms with Gasteiger partial charge in [0.25, 0.3) is 11.5 Å². The molecule has 0 saturated carbocycles. The van der Waals surface area contributed by atoms with Crippen molar-refractivity contribution in [1.82, 2.24) is 9.55 Å². The van der Waals surface area contributed by atoms with Crippen molar-refractivity contribution in [3.8, 4) is 0 Å². The van der Waals surface area contributed by atoms with Crippen LogP contribution in [-0.2, 0) is 16.1 Å². The molecule has 0 radical (unpaired) electrons. The molecule has 0 bridgehead atoms. The van der Waals surface area contributed by atoms with Gasteiger partial charge < -0.3 is 15.4 Å². The van der Waals surface area contributed by atoms with E-state index in [1.807, 2.05) is 60.7 Å². The number of nitrogens with one attached hydrogen (secondary N) is 1. The third-order valence-corrected chi connectivity index (χ3v) is 4.88. The summed E-state index contributed by atoms with van der Waals surface area (Å²) in [6.45, 7) is 0.755. The number of hydrogen-bond donors (Lipinski definition) is 2. The smallest absolute Gasteiger partial charge is 0.330 e. The number of nitrogen functional groups attached to an aromatic ring is 1. The molecule has 166 valence electrons. The zero-order valence-corrected chi connectivity index (χ0v) is 17.9. The van der Waals surface area contributed by atoms with Gasteiger partial charge in [-0.1, -0.05) is 60.7 Å². The fourth-order valence-electron chi connectivity index (χ4n) is 3.28. The maximum Gasteiger partial charge on any atom is 0.330 e. The Hall–Kier alpha value is -3.91. The second-order valence-electron chi connectivity index (χ2n) is 7.15. The highest BCUT2D eigenvalue weighted by Crippen LogP contribution is 2.19. The lowest BCUT2D eigenvalue weighted by molar-refractivity contribution is -0.114. The summed E-state index contributed by atoms with van der Waals surface area (Å²) in [7, 11) is 1.56. The molecule has 32 heavy (non-hydrogen) atoms. The topological polar surface area (TPSA) is 110 Å². The average Bonchev–Trinajstić information content (AvgIpc) is 2.80. The van der Waals surface area contributed by atoms with Crippen LogP contribution in [-0.4, -0.2) is 35.7 Å². The molecule has 1 aromatic heterocycles. The molecule has 8 heteroatoms. The summed E-state index contributed by atoms with van der Waals surface area (Å²) in [6, 6.07) is 18.6. The van der Waals surface area contributed by atoms with Gasteiger partial charge in [-0.25, -0.2) is 4.79 Å². The van der Waals surface area contributed by atoms with Crippen molar-refractivity contribution in [2.24, 2.45) is 0 Å². The van der Waals surface area contributed by atoms with Crippen LogP contribution in [0.1, 0.15) is 17.5 Å². The van der Waals surface area contributed by atoms with Crippen LogP contribution < -0.4 is 21.9 Å². The second-order valence-corrected chi connectivity index (χ2v) is 7.15. The SMILES string of the molecule is COCCCN(C(=O)C=Cc1ccccc1)c1c(N)n(Cc2ccccc2)c(=O)[nH]c1=O. The summed E-state index contributed by atoms with van der Waals surface area (Å²) in [5.41, 5.74) is 6.55. The van der Waals surface area contributed by atoms with Crippen LogP contribution in [0.15, 0.2) is 76.3 Å². The maximum absolute atomic E-state index is 13.1. The highest BCUT2D eigenvalue weighted by atomic mass is 16.5. The van der Waals surface area contributed by atoms with Crippen LogP contribution in [0.3, 0.4) is 0 Å². The Balaban J connectivity index is 2.00. The minimum Gasteiger partial charge on any atom is -0.385 e. The van der Waals surface area contributed by atoms with E-state index in [0.717, 1.165) is 11.1 Å². The number of H-pyrrole nitrogens is 1. The summed E-state index contributed by atoms with van der Waals surface area (Å²) in [4.78, 5) is 41.8. The summed E-state index contributed by atoms with van der Waals surface area (Å²) in [5, 5.41) is 0. The summed E-state index contributed by atoms with van der Waals surface area (Å²) in [6.07, 6.45) is 3.53. The zero-order valence-electron chi connectivity index (χ0n) is 17.9. The number of carbonyl (C=O) groups excluding carboxylic acids is 1. The van der Waals surface area contributed by atoms with E-state index in [-0.39, 0.29) is 24.6 Å². The van der Waals surface area contributed by atoms with E-state index in [4.69, 9.17) is 10.5 Å². The predicted molar refractivity (Wildman–Crippen MR) is 126 cm³/mol. The van der Waals surface area contributed by atoms with E-state index in [1.54, 1.807) is 13.2 Å².